The van der Waals surface area contributed by atoms with E-state index in [4.69, 9.17) is 10.2 Å². The third kappa shape index (κ3) is 3.40. The molecule has 2 aromatic rings. The predicted octanol–water partition coefficient (Wildman–Crippen LogP) is 4.00. The van der Waals surface area contributed by atoms with Gasteiger partial charge in [-0.05, 0) is 62.3 Å². The molecule has 0 aliphatic rings. The van der Waals surface area contributed by atoms with Crippen LogP contribution < -0.4 is 5.73 Å². The van der Waals surface area contributed by atoms with Crippen LogP contribution in [0.3, 0.4) is 0 Å². The van der Waals surface area contributed by atoms with E-state index < -0.39 is 0 Å². The van der Waals surface area contributed by atoms with Gasteiger partial charge in [-0.1, -0.05) is 19.9 Å². The van der Waals surface area contributed by atoms with Gasteiger partial charge in [0.15, 0.2) is 11.5 Å². The number of aryl methyl sites for hydroxylation is 3. The van der Waals surface area contributed by atoms with Crippen LogP contribution in [0.1, 0.15) is 43.7 Å². The summed E-state index contributed by atoms with van der Waals surface area (Å²) in [4.78, 5) is 4.63. The Morgan fingerprint density at radius 3 is 2.60 bits per heavy atom. The van der Waals surface area contributed by atoms with Gasteiger partial charge < -0.3 is 10.2 Å². The highest BCUT2D eigenvalue weighted by molar-refractivity contribution is 5.77. The summed E-state index contributed by atoms with van der Waals surface area (Å²) in [6.45, 7) is 9.46. The Morgan fingerprint density at radius 1 is 1.20 bits per heavy atom. The second-order valence-corrected chi connectivity index (χ2v) is 6.16. The van der Waals surface area contributed by atoms with Crippen molar-refractivity contribution in [3.05, 3.63) is 29.2 Å². The molecule has 0 aliphatic heterocycles. The van der Waals surface area contributed by atoms with Crippen LogP contribution in [0.4, 0.5) is 0 Å². The summed E-state index contributed by atoms with van der Waals surface area (Å²) in [5.74, 6) is 2.17. The van der Waals surface area contributed by atoms with Crippen molar-refractivity contribution in [1.29, 1.82) is 0 Å². The van der Waals surface area contributed by atoms with Crippen LogP contribution in [-0.4, -0.2) is 11.5 Å². The Labute approximate surface area is 121 Å². The molecule has 0 fully saturated rings. The standard InChI is InChI=1S/C17H26N2O/c1-11(2)14(7-8-18)5-6-16-19-15-10-12(3)9-13(4)17(15)20-16/h9-11,14H,5-8,18H2,1-4H3. The van der Waals surface area contributed by atoms with Crippen LogP contribution in [0.25, 0.3) is 11.1 Å². The van der Waals surface area contributed by atoms with Crippen molar-refractivity contribution >= 4 is 11.1 Å². The average molecular weight is 274 g/mol. The van der Waals surface area contributed by atoms with Crippen LogP contribution in [0.15, 0.2) is 16.5 Å². The van der Waals surface area contributed by atoms with E-state index in [0.29, 0.717) is 11.8 Å². The molecule has 0 aliphatic carbocycles. The van der Waals surface area contributed by atoms with Crippen LogP contribution in [0.5, 0.6) is 0 Å². The zero-order valence-electron chi connectivity index (χ0n) is 13.1. The van der Waals surface area contributed by atoms with Crippen molar-refractivity contribution in [2.75, 3.05) is 6.54 Å². The maximum absolute atomic E-state index is 5.92. The summed E-state index contributed by atoms with van der Waals surface area (Å²) in [7, 11) is 0. The van der Waals surface area contributed by atoms with E-state index >= 15 is 0 Å². The number of nitrogens with two attached hydrogens (primary N) is 1. The number of fused-ring (bicyclic) bond motifs is 1. The van der Waals surface area contributed by atoms with Gasteiger partial charge in [-0.2, -0.15) is 0 Å². The molecule has 3 heteroatoms. The quantitative estimate of drug-likeness (QED) is 0.866. The minimum Gasteiger partial charge on any atom is -0.440 e. The third-order valence-electron chi connectivity index (χ3n) is 4.07. The molecule has 1 atom stereocenters. The second kappa shape index (κ2) is 6.40. The zero-order valence-corrected chi connectivity index (χ0v) is 13.1. The molecular weight excluding hydrogens is 248 g/mol. The molecule has 1 heterocycles. The van der Waals surface area contributed by atoms with Gasteiger partial charge in [0, 0.05) is 6.42 Å². The maximum atomic E-state index is 5.92. The molecule has 0 radical (unpaired) electrons. The van der Waals surface area contributed by atoms with Crippen molar-refractivity contribution in [2.24, 2.45) is 17.6 Å². The van der Waals surface area contributed by atoms with E-state index in [0.717, 1.165) is 42.8 Å². The number of benzene rings is 1. The molecular formula is C17H26N2O. The summed E-state index contributed by atoms with van der Waals surface area (Å²) in [6, 6.07) is 4.23. The fraction of sp³-hybridized carbons (Fsp3) is 0.588. The number of nitrogens with zero attached hydrogens (tertiary/aromatic N) is 1. The van der Waals surface area contributed by atoms with Gasteiger partial charge in [-0.25, -0.2) is 4.98 Å². The highest BCUT2D eigenvalue weighted by atomic mass is 16.3. The van der Waals surface area contributed by atoms with E-state index in [1.54, 1.807) is 0 Å². The SMILES string of the molecule is Cc1cc(C)c2oc(CCC(CCN)C(C)C)nc2c1. The first-order valence-electron chi connectivity index (χ1n) is 7.58. The second-order valence-electron chi connectivity index (χ2n) is 6.16. The van der Waals surface area contributed by atoms with Crippen molar-refractivity contribution in [2.45, 2.75) is 47.0 Å². The van der Waals surface area contributed by atoms with E-state index in [1.165, 1.54) is 11.1 Å². The zero-order chi connectivity index (χ0) is 14.7. The summed E-state index contributed by atoms with van der Waals surface area (Å²) in [5.41, 5.74) is 10.0. The van der Waals surface area contributed by atoms with E-state index in [-0.39, 0.29) is 0 Å². The summed E-state index contributed by atoms with van der Waals surface area (Å²) in [5, 5.41) is 0. The monoisotopic (exact) mass is 274 g/mol. The lowest BCUT2D eigenvalue weighted by Crippen LogP contribution is -2.15. The Bertz CT molecular complexity index is 572. The first-order valence-corrected chi connectivity index (χ1v) is 7.58. The summed E-state index contributed by atoms with van der Waals surface area (Å²) in [6.07, 6.45) is 3.08. The number of oxazole rings is 1. The number of aromatic nitrogens is 1. The van der Waals surface area contributed by atoms with Crippen LogP contribution >= 0.6 is 0 Å². The Hall–Kier alpha value is -1.35. The average Bonchev–Trinajstić information content (AvgIpc) is 2.77. The lowest BCUT2D eigenvalue weighted by atomic mass is 9.88. The van der Waals surface area contributed by atoms with Gasteiger partial charge in [-0.15, -0.1) is 0 Å². The number of hydrogen-bond acceptors (Lipinski definition) is 3. The third-order valence-corrected chi connectivity index (χ3v) is 4.07. The van der Waals surface area contributed by atoms with Crippen LogP contribution in [-0.2, 0) is 6.42 Å². The minimum atomic E-state index is 0.651. The molecule has 0 amide bonds. The molecule has 2 N–H and O–H groups in total. The van der Waals surface area contributed by atoms with Gasteiger partial charge >= 0.3 is 0 Å². The molecule has 0 saturated heterocycles. The van der Waals surface area contributed by atoms with E-state index in [1.807, 2.05) is 0 Å². The molecule has 20 heavy (non-hydrogen) atoms. The van der Waals surface area contributed by atoms with E-state index in [9.17, 15) is 0 Å². The summed E-state index contributed by atoms with van der Waals surface area (Å²) < 4.78 is 5.92. The van der Waals surface area contributed by atoms with Gasteiger partial charge in [0.1, 0.15) is 5.52 Å². The fourth-order valence-electron chi connectivity index (χ4n) is 2.86. The molecule has 3 nitrogen and oxygen atoms in total. The molecule has 110 valence electrons. The Kier molecular flexibility index (Phi) is 4.81. The lowest BCUT2D eigenvalue weighted by Gasteiger charge is -2.18. The van der Waals surface area contributed by atoms with Crippen LogP contribution in [0, 0.1) is 25.7 Å². The Balaban J connectivity index is 2.12. The first-order chi connectivity index (χ1) is 9.51. The minimum absolute atomic E-state index is 0.651. The molecule has 0 saturated carbocycles. The maximum Gasteiger partial charge on any atom is 0.195 e. The van der Waals surface area contributed by atoms with Crippen molar-refractivity contribution in [3.8, 4) is 0 Å². The largest absolute Gasteiger partial charge is 0.440 e. The van der Waals surface area contributed by atoms with Crippen LogP contribution in [0.2, 0.25) is 0 Å². The Morgan fingerprint density at radius 2 is 1.95 bits per heavy atom. The van der Waals surface area contributed by atoms with Gasteiger partial charge in [-0.3, -0.25) is 0 Å². The highest BCUT2D eigenvalue weighted by Gasteiger charge is 2.15. The lowest BCUT2D eigenvalue weighted by molar-refractivity contribution is 0.330. The van der Waals surface area contributed by atoms with Crippen molar-refractivity contribution in [3.63, 3.8) is 0 Å². The smallest absolute Gasteiger partial charge is 0.195 e. The van der Waals surface area contributed by atoms with Gasteiger partial charge in [0.25, 0.3) is 0 Å². The molecule has 2 rings (SSSR count). The predicted molar refractivity (Wildman–Crippen MR) is 83.8 cm³/mol. The highest BCUT2D eigenvalue weighted by Crippen LogP contribution is 2.25. The fourth-order valence-corrected chi connectivity index (χ4v) is 2.86. The van der Waals surface area contributed by atoms with Crippen molar-refractivity contribution < 1.29 is 4.42 Å². The number of rotatable bonds is 6. The normalized spacial score (nSPS) is 13.3. The van der Waals surface area contributed by atoms with Gasteiger partial charge in [0.2, 0.25) is 0 Å². The topological polar surface area (TPSA) is 52.0 Å². The first kappa shape index (κ1) is 15.0. The summed E-state index contributed by atoms with van der Waals surface area (Å²) >= 11 is 0. The van der Waals surface area contributed by atoms with E-state index in [2.05, 4.69) is 44.8 Å². The molecule has 1 unspecified atom stereocenters. The van der Waals surface area contributed by atoms with Gasteiger partial charge in [0.05, 0.1) is 0 Å². The van der Waals surface area contributed by atoms with Crippen molar-refractivity contribution in [1.82, 2.24) is 4.98 Å². The molecule has 1 aromatic heterocycles. The molecule has 0 bridgehead atoms. The molecule has 0 spiro atoms. The molecule has 1 aromatic carbocycles. The number of hydrogen-bond donors (Lipinski definition) is 1.